The molecule has 168 valence electrons. The summed E-state index contributed by atoms with van der Waals surface area (Å²) in [5.74, 6) is 0.648. The zero-order valence-corrected chi connectivity index (χ0v) is 19.3. The number of carbonyl (C=O) groups excluding carboxylic acids is 1. The molecular weight excluding hydrogens is 412 g/mol. The molecule has 31 heavy (non-hydrogen) atoms. The third-order valence-corrected chi connectivity index (χ3v) is 6.58. The Morgan fingerprint density at radius 1 is 1.26 bits per heavy atom. The topological polar surface area (TPSA) is 72.1 Å². The number of carbonyl (C=O) groups is 1. The number of hydrogen-bond acceptors (Lipinski definition) is 7. The van der Waals surface area contributed by atoms with Crippen molar-refractivity contribution in [2.24, 2.45) is 0 Å². The second-order valence-corrected chi connectivity index (χ2v) is 9.37. The summed E-state index contributed by atoms with van der Waals surface area (Å²) in [7, 11) is 3.43. The normalized spacial score (nSPS) is 21.6. The summed E-state index contributed by atoms with van der Waals surface area (Å²) in [6.07, 6.45) is 2.82. The molecule has 1 fully saturated rings. The Morgan fingerprint density at radius 3 is 2.84 bits per heavy atom. The van der Waals surface area contributed by atoms with Crippen LogP contribution in [0.2, 0.25) is 0 Å². The molecule has 2 aliphatic heterocycles. The van der Waals surface area contributed by atoms with E-state index in [1.807, 2.05) is 13.0 Å². The van der Waals surface area contributed by atoms with Gasteiger partial charge in [0.2, 0.25) is 5.88 Å². The van der Waals surface area contributed by atoms with Gasteiger partial charge < -0.3 is 19.9 Å². The quantitative estimate of drug-likeness (QED) is 0.570. The Bertz CT molecular complexity index is 937. The van der Waals surface area contributed by atoms with Gasteiger partial charge in [0.1, 0.15) is 5.66 Å². The fourth-order valence-electron chi connectivity index (χ4n) is 3.94. The summed E-state index contributed by atoms with van der Waals surface area (Å²) in [6, 6.07) is 8.67. The van der Waals surface area contributed by atoms with E-state index in [0.29, 0.717) is 12.5 Å². The number of rotatable bonds is 7. The lowest BCUT2D eigenvalue weighted by Crippen LogP contribution is -2.57. The van der Waals surface area contributed by atoms with E-state index in [2.05, 4.69) is 55.6 Å². The van der Waals surface area contributed by atoms with Gasteiger partial charge in [0.05, 0.1) is 6.61 Å². The summed E-state index contributed by atoms with van der Waals surface area (Å²) in [5.41, 5.74) is 6.74. The van der Waals surface area contributed by atoms with E-state index in [0.717, 1.165) is 39.1 Å². The molecule has 1 atom stereocenters. The number of amides is 2. The first-order chi connectivity index (χ1) is 14.9. The van der Waals surface area contributed by atoms with Gasteiger partial charge in [-0.25, -0.2) is 10.2 Å². The van der Waals surface area contributed by atoms with Crippen molar-refractivity contribution in [3.63, 3.8) is 0 Å². The van der Waals surface area contributed by atoms with Crippen molar-refractivity contribution in [2.75, 3.05) is 58.3 Å². The number of fused-ring (bicyclic) bond motifs is 1. The van der Waals surface area contributed by atoms with Crippen LogP contribution in [-0.2, 0) is 4.74 Å². The first-order valence-electron chi connectivity index (χ1n) is 10.8. The SMILES string of the molecule is CN(C)C(=O)NC1(C)C=C(OCCCN2CCN(c3cccc4sccc34)CC2)NN1. The fraction of sp³-hybridized carbons (Fsp3) is 0.500. The van der Waals surface area contributed by atoms with Crippen LogP contribution in [0.3, 0.4) is 0 Å². The third-order valence-electron chi connectivity index (χ3n) is 5.70. The number of hydrazine groups is 1. The van der Waals surface area contributed by atoms with Gasteiger partial charge in [-0.2, -0.15) is 0 Å². The van der Waals surface area contributed by atoms with E-state index in [9.17, 15) is 4.79 Å². The molecule has 0 aliphatic carbocycles. The van der Waals surface area contributed by atoms with E-state index in [-0.39, 0.29) is 6.03 Å². The van der Waals surface area contributed by atoms with Gasteiger partial charge in [-0.05, 0) is 36.9 Å². The summed E-state index contributed by atoms with van der Waals surface area (Å²) < 4.78 is 7.21. The smallest absolute Gasteiger partial charge is 0.318 e. The summed E-state index contributed by atoms with van der Waals surface area (Å²) in [4.78, 5) is 18.4. The number of nitrogens with zero attached hydrogens (tertiary/aromatic N) is 3. The summed E-state index contributed by atoms with van der Waals surface area (Å²) in [5, 5.41) is 6.44. The average Bonchev–Trinajstić information content (AvgIpc) is 3.38. The Morgan fingerprint density at radius 2 is 2.06 bits per heavy atom. The Kier molecular flexibility index (Phi) is 6.54. The van der Waals surface area contributed by atoms with Crippen LogP contribution in [0.1, 0.15) is 13.3 Å². The molecule has 1 saturated heterocycles. The van der Waals surface area contributed by atoms with Gasteiger partial charge in [-0.15, -0.1) is 11.3 Å². The van der Waals surface area contributed by atoms with Gasteiger partial charge in [-0.1, -0.05) is 6.07 Å². The second kappa shape index (κ2) is 9.33. The standard InChI is InChI=1S/C22H32N6O2S/c1-22(23-21(29)26(2)3)16-20(24-25-22)30-14-5-9-27-10-12-28(13-11-27)18-6-4-7-19-17(18)8-15-31-19/h4,6-8,15-16,24-25H,5,9-14H2,1-3H3,(H,23,29). The van der Waals surface area contributed by atoms with Crippen molar-refractivity contribution in [3.8, 4) is 0 Å². The maximum atomic E-state index is 11.9. The number of anilines is 1. The van der Waals surface area contributed by atoms with Crippen LogP contribution in [0.25, 0.3) is 10.1 Å². The largest absolute Gasteiger partial charge is 0.478 e. The van der Waals surface area contributed by atoms with Crippen molar-refractivity contribution in [1.82, 2.24) is 26.0 Å². The Labute approximate surface area is 187 Å². The van der Waals surface area contributed by atoms with Gasteiger partial charge in [0.25, 0.3) is 0 Å². The molecule has 0 saturated carbocycles. The molecule has 1 aromatic carbocycles. The molecule has 2 amide bonds. The number of hydrogen-bond donors (Lipinski definition) is 3. The van der Waals surface area contributed by atoms with E-state index < -0.39 is 5.66 Å². The van der Waals surface area contributed by atoms with Crippen molar-refractivity contribution in [1.29, 1.82) is 0 Å². The lowest BCUT2D eigenvalue weighted by atomic mass is 10.2. The monoisotopic (exact) mass is 444 g/mol. The first-order valence-corrected chi connectivity index (χ1v) is 11.6. The maximum Gasteiger partial charge on any atom is 0.318 e. The third kappa shape index (κ3) is 5.23. The molecule has 2 aromatic rings. The number of thiophene rings is 1. The predicted octanol–water partition coefficient (Wildman–Crippen LogP) is 2.37. The van der Waals surface area contributed by atoms with Crippen LogP contribution in [0, 0.1) is 0 Å². The minimum absolute atomic E-state index is 0.163. The molecule has 3 N–H and O–H groups in total. The maximum absolute atomic E-state index is 11.9. The number of urea groups is 1. The van der Waals surface area contributed by atoms with Gasteiger partial charge in [0, 0.05) is 68.7 Å². The van der Waals surface area contributed by atoms with Crippen LogP contribution < -0.4 is 21.1 Å². The molecule has 2 aliphatic rings. The van der Waals surface area contributed by atoms with Crippen molar-refractivity contribution >= 4 is 33.1 Å². The Balaban J connectivity index is 1.18. The van der Waals surface area contributed by atoms with Crippen LogP contribution >= 0.6 is 11.3 Å². The van der Waals surface area contributed by atoms with Crippen molar-refractivity contribution in [3.05, 3.63) is 41.6 Å². The van der Waals surface area contributed by atoms with E-state index >= 15 is 0 Å². The molecule has 1 unspecified atom stereocenters. The van der Waals surface area contributed by atoms with Crippen LogP contribution in [0.4, 0.5) is 10.5 Å². The van der Waals surface area contributed by atoms with Gasteiger partial charge >= 0.3 is 6.03 Å². The fourth-order valence-corrected chi connectivity index (χ4v) is 4.75. The van der Waals surface area contributed by atoms with Crippen molar-refractivity contribution < 1.29 is 9.53 Å². The van der Waals surface area contributed by atoms with Crippen LogP contribution in [0.15, 0.2) is 41.6 Å². The highest BCUT2D eigenvalue weighted by Crippen LogP contribution is 2.31. The molecular formula is C22H32N6O2S. The molecule has 9 heteroatoms. The zero-order chi connectivity index (χ0) is 21.8. The lowest BCUT2D eigenvalue weighted by Gasteiger charge is -2.36. The Hall–Kier alpha value is -2.49. The predicted molar refractivity (Wildman–Crippen MR) is 126 cm³/mol. The van der Waals surface area contributed by atoms with Crippen LogP contribution in [0.5, 0.6) is 0 Å². The highest BCUT2D eigenvalue weighted by Gasteiger charge is 2.30. The number of ether oxygens (including phenoxy) is 1. The van der Waals surface area contributed by atoms with E-state index in [1.165, 1.54) is 20.7 Å². The molecule has 0 bridgehead atoms. The molecule has 3 heterocycles. The lowest BCUT2D eigenvalue weighted by molar-refractivity contribution is 0.163. The molecule has 0 radical (unpaired) electrons. The number of nitrogens with one attached hydrogen (secondary N) is 3. The summed E-state index contributed by atoms with van der Waals surface area (Å²) in [6.45, 7) is 7.77. The summed E-state index contributed by atoms with van der Waals surface area (Å²) >= 11 is 1.81. The second-order valence-electron chi connectivity index (χ2n) is 8.43. The zero-order valence-electron chi connectivity index (χ0n) is 18.5. The minimum atomic E-state index is -0.668. The molecule has 4 rings (SSSR count). The molecule has 8 nitrogen and oxygen atoms in total. The highest BCUT2D eigenvalue weighted by atomic mass is 32.1. The average molecular weight is 445 g/mol. The van der Waals surface area contributed by atoms with Gasteiger partial charge in [0.15, 0.2) is 0 Å². The van der Waals surface area contributed by atoms with Gasteiger partial charge in [-0.3, -0.25) is 10.3 Å². The minimum Gasteiger partial charge on any atom is -0.478 e. The van der Waals surface area contributed by atoms with E-state index in [4.69, 9.17) is 4.74 Å². The van der Waals surface area contributed by atoms with Crippen LogP contribution in [-0.4, -0.2) is 74.9 Å². The van der Waals surface area contributed by atoms with Crippen molar-refractivity contribution in [2.45, 2.75) is 19.0 Å². The number of benzene rings is 1. The van der Waals surface area contributed by atoms with E-state index in [1.54, 1.807) is 25.4 Å². The molecule has 0 spiro atoms. The number of piperazine rings is 1. The highest BCUT2D eigenvalue weighted by molar-refractivity contribution is 7.17. The first kappa shape index (κ1) is 21.7. The molecule has 1 aromatic heterocycles.